The normalized spacial score (nSPS) is 14.4. The van der Waals surface area contributed by atoms with Crippen molar-refractivity contribution in [1.82, 2.24) is 0 Å². The van der Waals surface area contributed by atoms with Crippen molar-refractivity contribution in [3.63, 3.8) is 0 Å². The van der Waals surface area contributed by atoms with Crippen LogP contribution in [-0.4, -0.2) is 23.5 Å². The Balaban J connectivity index is 1.52. The lowest BCUT2D eigenvalue weighted by Crippen LogP contribution is -2.10. The van der Waals surface area contributed by atoms with Crippen LogP contribution in [0.15, 0.2) is 41.7 Å². The molecule has 0 unspecified atom stereocenters. The molecule has 1 N–H and O–H groups in total. The zero-order valence-electron chi connectivity index (χ0n) is 14.2. The average molecular weight is 363 g/mol. The maximum Gasteiger partial charge on any atom is 0.345 e. The van der Waals surface area contributed by atoms with Crippen LogP contribution < -0.4 is 0 Å². The number of halogens is 1. The summed E-state index contributed by atoms with van der Waals surface area (Å²) in [6.45, 7) is -0.177. The molecule has 0 radical (unpaired) electrons. The van der Waals surface area contributed by atoms with E-state index in [-0.39, 0.29) is 30.1 Å². The Morgan fingerprint density at radius 3 is 2.48 bits per heavy atom. The predicted molar refractivity (Wildman–Crippen MR) is 98.4 cm³/mol. The zero-order valence-corrected chi connectivity index (χ0v) is 14.9. The van der Waals surface area contributed by atoms with E-state index >= 15 is 0 Å². The van der Waals surface area contributed by atoms with Gasteiger partial charge in [-0.1, -0.05) is 55.1 Å². The number of cyclic esters (lactones) is 1. The molecule has 0 atom stereocenters. The quantitative estimate of drug-likeness (QED) is 0.360. The van der Waals surface area contributed by atoms with E-state index in [2.05, 4.69) is 16.9 Å². The van der Waals surface area contributed by atoms with Gasteiger partial charge in [0.15, 0.2) is 5.78 Å². The third-order valence-corrected chi connectivity index (χ3v) is 4.32. The SMILES string of the molecule is O=C(CCCCCCC/C=C/c1ccc(Cl)cc1)C1=C(O)COC1=O. The summed E-state index contributed by atoms with van der Waals surface area (Å²) in [6.07, 6.45) is 10.5. The van der Waals surface area contributed by atoms with Gasteiger partial charge in [0.2, 0.25) is 0 Å². The fraction of sp³-hybridized carbons (Fsp3) is 0.400. The van der Waals surface area contributed by atoms with Gasteiger partial charge in [-0.15, -0.1) is 0 Å². The maximum absolute atomic E-state index is 11.9. The number of benzene rings is 1. The molecule has 1 aliphatic heterocycles. The summed E-state index contributed by atoms with van der Waals surface area (Å²) in [5, 5.41) is 10.2. The van der Waals surface area contributed by atoms with Crippen LogP contribution in [-0.2, 0) is 14.3 Å². The van der Waals surface area contributed by atoms with Crippen LogP contribution in [0.4, 0.5) is 0 Å². The Kier molecular flexibility index (Phi) is 7.74. The van der Waals surface area contributed by atoms with Gasteiger partial charge in [0.25, 0.3) is 0 Å². The summed E-state index contributed by atoms with van der Waals surface area (Å²) in [7, 11) is 0. The number of ether oxygens (including phenoxy) is 1. The van der Waals surface area contributed by atoms with Gasteiger partial charge in [-0.3, -0.25) is 4.79 Å². The van der Waals surface area contributed by atoms with Crippen LogP contribution in [0, 0.1) is 0 Å². The van der Waals surface area contributed by atoms with Crippen LogP contribution in [0.1, 0.15) is 50.5 Å². The Bertz CT molecular complexity index is 659. The van der Waals surface area contributed by atoms with Gasteiger partial charge in [-0.2, -0.15) is 0 Å². The molecule has 0 saturated carbocycles. The molecule has 1 aromatic carbocycles. The van der Waals surface area contributed by atoms with Gasteiger partial charge >= 0.3 is 5.97 Å². The molecule has 1 aliphatic rings. The molecule has 0 aliphatic carbocycles. The lowest BCUT2D eigenvalue weighted by molar-refractivity contribution is -0.137. The summed E-state index contributed by atoms with van der Waals surface area (Å²) in [5.41, 5.74) is 0.984. The van der Waals surface area contributed by atoms with Crippen LogP contribution >= 0.6 is 11.6 Å². The number of aliphatic hydroxyl groups excluding tert-OH is 1. The molecule has 134 valence electrons. The van der Waals surface area contributed by atoms with Gasteiger partial charge in [0.05, 0.1) is 0 Å². The van der Waals surface area contributed by atoms with E-state index in [1.165, 1.54) is 0 Å². The Morgan fingerprint density at radius 2 is 1.80 bits per heavy atom. The number of carbonyl (C=O) groups excluding carboxylic acids is 2. The molecule has 0 aromatic heterocycles. The highest BCUT2D eigenvalue weighted by atomic mass is 35.5. The molecule has 2 rings (SSSR count). The van der Waals surface area contributed by atoms with Gasteiger partial charge in [-0.25, -0.2) is 4.79 Å². The molecular formula is C20H23ClO4. The van der Waals surface area contributed by atoms with Crippen molar-refractivity contribution in [2.75, 3.05) is 6.61 Å². The van der Waals surface area contributed by atoms with Crippen molar-refractivity contribution in [1.29, 1.82) is 0 Å². The Labute approximate surface area is 153 Å². The summed E-state index contributed by atoms with van der Waals surface area (Å²) in [4.78, 5) is 23.2. The molecule has 4 nitrogen and oxygen atoms in total. The topological polar surface area (TPSA) is 63.6 Å². The Morgan fingerprint density at radius 1 is 1.12 bits per heavy atom. The summed E-state index contributed by atoms with van der Waals surface area (Å²) >= 11 is 5.84. The van der Waals surface area contributed by atoms with Gasteiger partial charge in [0, 0.05) is 11.4 Å². The number of hydrogen-bond donors (Lipinski definition) is 1. The lowest BCUT2D eigenvalue weighted by Gasteiger charge is -2.01. The molecule has 0 amide bonds. The maximum atomic E-state index is 11.9. The largest absolute Gasteiger partial charge is 0.508 e. The van der Waals surface area contributed by atoms with Gasteiger partial charge < -0.3 is 9.84 Å². The highest BCUT2D eigenvalue weighted by molar-refractivity contribution is 6.30. The summed E-state index contributed by atoms with van der Waals surface area (Å²) in [5.74, 6) is -1.25. The number of rotatable bonds is 10. The first kappa shape index (κ1) is 19.3. The van der Waals surface area contributed by atoms with Crippen LogP contribution in [0.25, 0.3) is 6.08 Å². The first-order valence-electron chi connectivity index (χ1n) is 8.62. The standard InChI is InChI=1S/C20H23ClO4/c21-16-12-10-15(11-13-16)8-6-4-2-1-3-5-7-9-17(22)19-18(23)14-25-20(19)24/h6,8,10-13,23H,1-5,7,9,14H2/b8-6+. The third-order valence-electron chi connectivity index (χ3n) is 4.07. The monoisotopic (exact) mass is 362 g/mol. The average Bonchev–Trinajstić information content (AvgIpc) is 2.93. The van der Waals surface area contributed by atoms with Gasteiger partial charge in [0.1, 0.15) is 17.9 Å². The minimum Gasteiger partial charge on any atom is -0.508 e. The van der Waals surface area contributed by atoms with Crippen molar-refractivity contribution >= 4 is 29.4 Å². The second-order valence-corrected chi connectivity index (χ2v) is 6.52. The highest BCUT2D eigenvalue weighted by Gasteiger charge is 2.29. The lowest BCUT2D eigenvalue weighted by atomic mass is 10.0. The molecule has 0 bridgehead atoms. The second kappa shape index (κ2) is 10.0. The van der Waals surface area contributed by atoms with E-state index in [0.29, 0.717) is 0 Å². The molecule has 25 heavy (non-hydrogen) atoms. The van der Waals surface area contributed by atoms with Crippen molar-refractivity contribution in [3.8, 4) is 0 Å². The Hall–Kier alpha value is -2.07. The predicted octanol–water partition coefficient (Wildman–Crippen LogP) is 5.02. The number of Topliss-reactive ketones (excluding diaryl/α,β-unsaturated/α-hetero) is 1. The first-order chi connectivity index (χ1) is 12.1. The van der Waals surface area contributed by atoms with Crippen molar-refractivity contribution in [3.05, 3.63) is 52.3 Å². The van der Waals surface area contributed by atoms with E-state index in [0.717, 1.165) is 49.1 Å². The number of hydrogen-bond acceptors (Lipinski definition) is 4. The number of allylic oxidation sites excluding steroid dienone is 1. The van der Waals surface area contributed by atoms with Gasteiger partial charge in [-0.05, 0) is 37.0 Å². The van der Waals surface area contributed by atoms with Crippen molar-refractivity contribution in [2.45, 2.75) is 44.9 Å². The number of aliphatic hydroxyl groups is 1. The zero-order chi connectivity index (χ0) is 18.1. The second-order valence-electron chi connectivity index (χ2n) is 6.08. The number of unbranched alkanes of at least 4 members (excludes halogenated alkanes) is 5. The van der Waals surface area contributed by atoms with Crippen LogP contribution in [0.2, 0.25) is 5.02 Å². The van der Waals surface area contributed by atoms with E-state index in [1.54, 1.807) is 0 Å². The van der Waals surface area contributed by atoms with E-state index in [9.17, 15) is 14.7 Å². The van der Waals surface area contributed by atoms with E-state index < -0.39 is 5.97 Å². The number of esters is 1. The van der Waals surface area contributed by atoms with Crippen LogP contribution in [0.5, 0.6) is 0 Å². The fourth-order valence-corrected chi connectivity index (χ4v) is 2.79. The molecule has 5 heteroatoms. The van der Waals surface area contributed by atoms with E-state index in [4.69, 9.17) is 11.6 Å². The summed E-state index contributed by atoms with van der Waals surface area (Å²) in [6, 6.07) is 7.74. The molecular weight excluding hydrogens is 340 g/mol. The molecule has 1 aromatic rings. The number of carbonyl (C=O) groups is 2. The summed E-state index contributed by atoms with van der Waals surface area (Å²) < 4.78 is 4.62. The number of ketones is 1. The third kappa shape index (κ3) is 6.39. The van der Waals surface area contributed by atoms with Crippen molar-refractivity contribution < 1.29 is 19.4 Å². The highest BCUT2D eigenvalue weighted by Crippen LogP contribution is 2.18. The van der Waals surface area contributed by atoms with E-state index in [1.807, 2.05) is 24.3 Å². The van der Waals surface area contributed by atoms with Crippen molar-refractivity contribution in [2.24, 2.45) is 0 Å². The molecule has 0 spiro atoms. The minimum absolute atomic E-state index is 0.160. The first-order valence-corrected chi connectivity index (χ1v) is 9.00. The smallest absolute Gasteiger partial charge is 0.345 e. The fourth-order valence-electron chi connectivity index (χ4n) is 2.67. The molecule has 1 heterocycles. The molecule has 0 fully saturated rings. The molecule has 0 saturated heterocycles. The minimum atomic E-state index is -0.699. The van der Waals surface area contributed by atoms with Crippen LogP contribution in [0.3, 0.4) is 0 Å².